The van der Waals surface area contributed by atoms with Crippen molar-refractivity contribution in [2.45, 2.75) is 71.2 Å². The summed E-state index contributed by atoms with van der Waals surface area (Å²) in [4.78, 5) is 33.7. The Hall–Kier alpha value is -3.41. The predicted molar refractivity (Wildman–Crippen MR) is 168 cm³/mol. The van der Waals surface area contributed by atoms with Crippen LogP contribution in [0.25, 0.3) is 22.3 Å². The molecule has 0 radical (unpaired) electrons. The van der Waals surface area contributed by atoms with E-state index in [1.165, 1.54) is 12.1 Å². The number of aryl methyl sites for hydroxylation is 1. The van der Waals surface area contributed by atoms with Gasteiger partial charge in [-0.3, -0.25) is 19.6 Å². The van der Waals surface area contributed by atoms with E-state index in [9.17, 15) is 24.2 Å². The number of carbonyl (C=O) groups excluding carboxylic acids is 1. The molecule has 0 saturated carbocycles. The molecule has 1 amide bonds. The van der Waals surface area contributed by atoms with Crippen LogP contribution in [0.15, 0.2) is 67.0 Å². The van der Waals surface area contributed by atoms with Crippen LogP contribution in [0.5, 0.6) is 0 Å². The van der Waals surface area contributed by atoms with Crippen LogP contribution in [0.2, 0.25) is 0 Å². The van der Waals surface area contributed by atoms with Crippen LogP contribution in [0.1, 0.15) is 66.7 Å². The van der Waals surface area contributed by atoms with E-state index in [0.717, 1.165) is 22.5 Å². The molecule has 0 spiro atoms. The predicted octanol–water partition coefficient (Wildman–Crippen LogP) is 4.44. The van der Waals surface area contributed by atoms with E-state index in [0.29, 0.717) is 28.9 Å². The first-order valence-corrected chi connectivity index (χ1v) is 14.3. The molecule has 0 aliphatic carbocycles. The zero-order valence-electron chi connectivity index (χ0n) is 24.5. The van der Waals surface area contributed by atoms with Crippen molar-refractivity contribution in [3.05, 3.63) is 95.6 Å². The molecule has 2 heterocycles. The average Bonchev–Trinajstić information content (AvgIpc) is 3.31. The van der Waals surface area contributed by atoms with Gasteiger partial charge in [-0.25, -0.2) is 4.39 Å². The van der Waals surface area contributed by atoms with Gasteiger partial charge in [0.15, 0.2) is 0 Å². The average molecular weight is 613 g/mol. The van der Waals surface area contributed by atoms with Gasteiger partial charge in [-0.1, -0.05) is 42.5 Å². The number of amides is 1. The summed E-state index contributed by atoms with van der Waals surface area (Å²) >= 11 is 0. The van der Waals surface area contributed by atoms with E-state index in [-0.39, 0.29) is 60.9 Å². The van der Waals surface area contributed by atoms with Gasteiger partial charge < -0.3 is 25.2 Å². The zero-order chi connectivity index (χ0) is 31.1. The summed E-state index contributed by atoms with van der Waals surface area (Å²) in [5.74, 6) is -1.87. The summed E-state index contributed by atoms with van der Waals surface area (Å²) in [6.07, 6.45) is 1.03. The Labute approximate surface area is 278 Å². The molecule has 0 fully saturated rings. The molecule has 0 aliphatic rings. The van der Waals surface area contributed by atoms with Crippen molar-refractivity contribution in [2.75, 3.05) is 0 Å². The van der Waals surface area contributed by atoms with Crippen LogP contribution in [0.4, 0.5) is 4.39 Å². The van der Waals surface area contributed by atoms with Gasteiger partial charge in [0.2, 0.25) is 0 Å². The Morgan fingerprint density at radius 2 is 1.59 bits per heavy atom. The molecule has 44 heavy (non-hydrogen) atoms. The molecule has 4 N–H and O–H groups in total. The summed E-state index contributed by atoms with van der Waals surface area (Å²) in [7, 11) is 0. The summed E-state index contributed by atoms with van der Waals surface area (Å²) < 4.78 is 16.0. The Kier molecular flexibility index (Phi) is 12.8. The molecule has 228 valence electrons. The number of aliphatic hydroxyl groups excluding tert-OH is 2. The second kappa shape index (κ2) is 16.1. The number of hydrogen-bond acceptors (Lipinski definition) is 6. The first-order chi connectivity index (χ1) is 20.5. The Morgan fingerprint density at radius 1 is 0.932 bits per heavy atom. The molecular formula is C33H38FN4NaO5. The minimum absolute atomic E-state index is 0. The Morgan fingerprint density at radius 3 is 2.18 bits per heavy atom. The fraction of sp³-hybridized carbons (Fsp3) is 0.333. The Bertz CT molecular complexity index is 1540. The molecule has 2 atom stereocenters. The molecule has 0 aliphatic heterocycles. The molecule has 0 bridgehead atoms. The second-order valence-electron chi connectivity index (χ2n) is 10.9. The number of carbonyl (C=O) groups is 2. The van der Waals surface area contributed by atoms with Gasteiger partial charge in [-0.2, -0.15) is 0 Å². The third kappa shape index (κ3) is 8.83. The molecule has 9 nitrogen and oxygen atoms in total. The molecule has 4 aromatic rings. The summed E-state index contributed by atoms with van der Waals surface area (Å²) in [5.41, 5.74) is 5.44. The standard InChI is InChI=1S/C33H37FN4O5.Na.H/c1-20(2)38-28(14-13-26(39)15-27(40)16-29(41)42)30(23-9-11-24(34)12-10-23)31(22-7-5-4-6-8-22)32(38)33(43)37-19-25-18-35-21(3)17-36-25;;/h4-12,17-18,20,26-27,39-40H,13-16,19H2,1-3H3,(H,37,43)(H,41,42);;/t26-,27-;;/m1../s1. The van der Waals surface area contributed by atoms with Gasteiger partial charge in [0.25, 0.3) is 5.91 Å². The zero-order valence-corrected chi connectivity index (χ0v) is 24.5. The number of carboxylic acids is 1. The fourth-order valence-electron chi connectivity index (χ4n) is 5.28. The molecule has 0 unspecified atom stereocenters. The van der Waals surface area contributed by atoms with Gasteiger partial charge in [-0.15, -0.1) is 0 Å². The van der Waals surface area contributed by atoms with Crippen LogP contribution in [0.3, 0.4) is 0 Å². The van der Waals surface area contributed by atoms with Crippen LogP contribution < -0.4 is 5.32 Å². The van der Waals surface area contributed by atoms with Crippen molar-refractivity contribution in [3.8, 4) is 22.3 Å². The normalized spacial score (nSPS) is 12.4. The summed E-state index contributed by atoms with van der Waals surface area (Å²) in [5, 5.41) is 32.8. The van der Waals surface area contributed by atoms with Crippen molar-refractivity contribution < 1.29 is 29.3 Å². The molecule has 11 heteroatoms. The van der Waals surface area contributed by atoms with Gasteiger partial charge in [0.1, 0.15) is 11.5 Å². The molecule has 4 rings (SSSR count). The summed E-state index contributed by atoms with van der Waals surface area (Å²) in [6.45, 7) is 5.91. The molecule has 0 saturated heterocycles. The van der Waals surface area contributed by atoms with Crippen molar-refractivity contribution in [1.82, 2.24) is 19.9 Å². The SMILES string of the molecule is Cc1cnc(CNC(=O)c2c(-c3ccccc3)c(-c3ccc(F)cc3)c(CC[C@@H](O)C[C@@H](O)CC(=O)O)n2C(C)C)cn1.[NaH]. The van der Waals surface area contributed by atoms with E-state index in [4.69, 9.17) is 5.11 Å². The maximum absolute atomic E-state index is 14.1. The van der Waals surface area contributed by atoms with Gasteiger partial charge in [0.05, 0.1) is 42.8 Å². The number of aliphatic carboxylic acids is 1. The van der Waals surface area contributed by atoms with Crippen molar-refractivity contribution in [1.29, 1.82) is 0 Å². The molecular weight excluding hydrogens is 574 g/mol. The van der Waals surface area contributed by atoms with Crippen LogP contribution in [-0.2, 0) is 17.8 Å². The molecule has 2 aromatic heterocycles. The van der Waals surface area contributed by atoms with E-state index in [1.807, 2.05) is 55.7 Å². The van der Waals surface area contributed by atoms with E-state index in [2.05, 4.69) is 15.3 Å². The van der Waals surface area contributed by atoms with E-state index >= 15 is 0 Å². The minimum atomic E-state index is -1.19. The van der Waals surface area contributed by atoms with Crippen molar-refractivity contribution >= 4 is 41.4 Å². The van der Waals surface area contributed by atoms with Crippen molar-refractivity contribution in [3.63, 3.8) is 0 Å². The number of hydrogen-bond donors (Lipinski definition) is 4. The monoisotopic (exact) mass is 612 g/mol. The number of nitrogens with zero attached hydrogens (tertiary/aromatic N) is 3. The van der Waals surface area contributed by atoms with E-state index in [1.54, 1.807) is 24.5 Å². The van der Waals surface area contributed by atoms with Gasteiger partial charge >= 0.3 is 35.5 Å². The number of benzene rings is 2. The molecule has 2 aromatic carbocycles. The number of carboxylic acid groups (broad SMARTS) is 1. The Balaban J connectivity index is 0.00000529. The number of halogens is 1. The third-order valence-electron chi connectivity index (χ3n) is 7.17. The van der Waals surface area contributed by atoms with Crippen LogP contribution >= 0.6 is 0 Å². The number of aliphatic hydroxyl groups is 2. The fourth-order valence-corrected chi connectivity index (χ4v) is 5.28. The maximum atomic E-state index is 14.1. The number of aromatic nitrogens is 3. The topological polar surface area (TPSA) is 138 Å². The van der Waals surface area contributed by atoms with Crippen LogP contribution in [0, 0.1) is 12.7 Å². The number of nitrogens with one attached hydrogen (secondary N) is 1. The summed E-state index contributed by atoms with van der Waals surface area (Å²) in [6, 6.07) is 15.4. The second-order valence-corrected chi connectivity index (χ2v) is 10.9. The number of rotatable bonds is 13. The third-order valence-corrected chi connectivity index (χ3v) is 7.17. The van der Waals surface area contributed by atoms with Crippen LogP contribution in [-0.4, -0.2) is 83.5 Å². The first kappa shape index (κ1) is 35.1. The quantitative estimate of drug-likeness (QED) is 0.164. The van der Waals surface area contributed by atoms with Gasteiger partial charge in [0, 0.05) is 29.1 Å². The van der Waals surface area contributed by atoms with E-state index < -0.39 is 30.4 Å². The first-order valence-electron chi connectivity index (χ1n) is 14.3. The van der Waals surface area contributed by atoms with Gasteiger partial charge in [-0.05, 0) is 63.3 Å². The van der Waals surface area contributed by atoms with Crippen molar-refractivity contribution in [2.24, 2.45) is 0 Å².